The molecule has 1 heterocycles. The number of hydrogen-bond acceptors (Lipinski definition) is 5. The Morgan fingerprint density at radius 3 is 2.87 bits per heavy atom. The monoisotopic (exact) mass is 243 g/mol. The van der Waals surface area contributed by atoms with Crippen LogP contribution >= 0.6 is 23.1 Å². The van der Waals surface area contributed by atoms with E-state index in [4.69, 9.17) is 0 Å². The first-order valence-electron chi connectivity index (χ1n) is 5.46. The third kappa shape index (κ3) is 3.34. The van der Waals surface area contributed by atoms with Gasteiger partial charge in [-0.1, -0.05) is 24.2 Å². The van der Waals surface area contributed by atoms with E-state index in [0.29, 0.717) is 0 Å². The normalized spacial score (nSPS) is 17.1. The second-order valence-corrected chi connectivity index (χ2v) is 6.01. The molecule has 2 rings (SSSR count). The summed E-state index contributed by atoms with van der Waals surface area (Å²) in [6.45, 7) is 0. The fourth-order valence-electron chi connectivity index (χ4n) is 1.90. The Hall–Kier alpha value is -0.290. The van der Waals surface area contributed by atoms with Crippen LogP contribution in [0, 0.1) is 5.92 Å². The highest BCUT2D eigenvalue weighted by Gasteiger charge is 2.14. The predicted octanol–water partition coefficient (Wildman–Crippen LogP) is 3.00. The van der Waals surface area contributed by atoms with Crippen molar-refractivity contribution in [3.8, 4) is 0 Å². The smallest absolute Gasteiger partial charge is 0.205 e. The minimum absolute atomic E-state index is 0.923. The second-order valence-electron chi connectivity index (χ2n) is 3.92. The lowest BCUT2D eigenvalue weighted by Crippen LogP contribution is -1.96. The van der Waals surface area contributed by atoms with E-state index in [-0.39, 0.29) is 0 Å². The van der Waals surface area contributed by atoms with Crippen molar-refractivity contribution in [3.63, 3.8) is 0 Å². The van der Waals surface area contributed by atoms with Gasteiger partial charge in [0.25, 0.3) is 0 Å². The van der Waals surface area contributed by atoms with Crippen LogP contribution < -0.4 is 5.32 Å². The van der Waals surface area contributed by atoms with Crippen molar-refractivity contribution in [3.05, 3.63) is 5.01 Å². The topological polar surface area (TPSA) is 37.8 Å². The highest BCUT2D eigenvalue weighted by molar-refractivity contribution is 7.98. The summed E-state index contributed by atoms with van der Waals surface area (Å²) in [4.78, 5) is 0. The summed E-state index contributed by atoms with van der Waals surface area (Å²) >= 11 is 3.67. The van der Waals surface area contributed by atoms with Gasteiger partial charge in [-0.25, -0.2) is 0 Å². The number of aromatic nitrogens is 2. The van der Waals surface area contributed by atoms with E-state index in [2.05, 4.69) is 15.5 Å². The molecule has 0 spiro atoms. The number of anilines is 1. The number of hydrogen-bond donors (Lipinski definition) is 1. The molecule has 0 amide bonds. The zero-order valence-corrected chi connectivity index (χ0v) is 10.7. The molecule has 0 bridgehead atoms. The number of nitrogens with one attached hydrogen (secondary N) is 1. The molecular weight excluding hydrogens is 226 g/mol. The molecule has 84 valence electrons. The van der Waals surface area contributed by atoms with Crippen LogP contribution in [-0.2, 0) is 5.75 Å². The standard InChI is InChI=1S/C10H17N3S2/c1-11-10-13-12-9(15-10)7-14-6-8-4-2-3-5-8/h8H,2-7H2,1H3,(H,11,13). The third-order valence-electron chi connectivity index (χ3n) is 2.73. The van der Waals surface area contributed by atoms with Crippen LogP contribution in [0.2, 0.25) is 0 Å². The number of thioether (sulfide) groups is 1. The van der Waals surface area contributed by atoms with E-state index >= 15 is 0 Å². The average molecular weight is 243 g/mol. The second kappa shape index (κ2) is 5.70. The van der Waals surface area contributed by atoms with Gasteiger partial charge < -0.3 is 5.32 Å². The molecule has 5 heteroatoms. The predicted molar refractivity (Wildman–Crippen MR) is 67.6 cm³/mol. The molecule has 0 atom stereocenters. The Labute approximate surface area is 99.1 Å². The van der Waals surface area contributed by atoms with Crippen LogP contribution in [0.3, 0.4) is 0 Å². The van der Waals surface area contributed by atoms with Crippen LogP contribution in [-0.4, -0.2) is 23.0 Å². The zero-order valence-electron chi connectivity index (χ0n) is 9.03. The lowest BCUT2D eigenvalue weighted by Gasteiger charge is -2.06. The molecule has 1 aliphatic rings. The van der Waals surface area contributed by atoms with Gasteiger partial charge in [0.2, 0.25) is 5.13 Å². The zero-order chi connectivity index (χ0) is 10.5. The Balaban J connectivity index is 1.68. The maximum Gasteiger partial charge on any atom is 0.205 e. The number of rotatable bonds is 5. The van der Waals surface area contributed by atoms with Gasteiger partial charge in [-0.05, 0) is 24.5 Å². The lowest BCUT2D eigenvalue weighted by molar-refractivity contribution is 0.623. The van der Waals surface area contributed by atoms with Gasteiger partial charge in [-0.3, -0.25) is 0 Å². The molecule has 0 radical (unpaired) electrons. The molecule has 1 aromatic heterocycles. The molecule has 1 fully saturated rings. The van der Waals surface area contributed by atoms with Crippen LogP contribution in [0.4, 0.5) is 5.13 Å². The van der Waals surface area contributed by atoms with Gasteiger partial charge in [-0.2, -0.15) is 11.8 Å². The number of nitrogens with zero attached hydrogens (tertiary/aromatic N) is 2. The van der Waals surface area contributed by atoms with Crippen molar-refractivity contribution >= 4 is 28.2 Å². The first kappa shape index (κ1) is 11.2. The summed E-state index contributed by atoms with van der Waals surface area (Å²) in [5.41, 5.74) is 0. The molecule has 1 aliphatic carbocycles. The van der Waals surface area contributed by atoms with Crippen LogP contribution in [0.1, 0.15) is 30.7 Å². The van der Waals surface area contributed by atoms with Crippen molar-refractivity contribution in [2.45, 2.75) is 31.4 Å². The summed E-state index contributed by atoms with van der Waals surface area (Å²) in [7, 11) is 1.88. The molecule has 0 unspecified atom stereocenters. The third-order valence-corrected chi connectivity index (χ3v) is 5.04. The molecule has 3 nitrogen and oxygen atoms in total. The van der Waals surface area contributed by atoms with E-state index in [0.717, 1.165) is 21.8 Å². The fraction of sp³-hybridized carbons (Fsp3) is 0.800. The van der Waals surface area contributed by atoms with Crippen LogP contribution in [0.25, 0.3) is 0 Å². The summed E-state index contributed by atoms with van der Waals surface area (Å²) in [6, 6.07) is 0. The quantitative estimate of drug-likeness (QED) is 0.862. The van der Waals surface area contributed by atoms with Gasteiger partial charge in [0.05, 0.1) is 0 Å². The molecule has 0 aromatic carbocycles. The summed E-state index contributed by atoms with van der Waals surface area (Å²) < 4.78 is 0. The minimum atomic E-state index is 0.923. The SMILES string of the molecule is CNc1nnc(CSCC2CCCC2)s1. The Morgan fingerprint density at radius 2 is 2.20 bits per heavy atom. The van der Waals surface area contributed by atoms with Crippen molar-refractivity contribution in [1.82, 2.24) is 10.2 Å². The first-order valence-corrected chi connectivity index (χ1v) is 7.43. The Kier molecular flexibility index (Phi) is 4.26. The summed E-state index contributed by atoms with van der Waals surface area (Å²) in [6.07, 6.45) is 5.75. The minimum Gasteiger partial charge on any atom is -0.363 e. The van der Waals surface area contributed by atoms with Crippen molar-refractivity contribution in [2.24, 2.45) is 5.92 Å². The summed E-state index contributed by atoms with van der Waals surface area (Å²) in [5.74, 6) is 3.29. The van der Waals surface area contributed by atoms with Gasteiger partial charge in [0, 0.05) is 12.8 Å². The van der Waals surface area contributed by atoms with E-state index in [9.17, 15) is 0 Å². The largest absolute Gasteiger partial charge is 0.363 e. The molecule has 15 heavy (non-hydrogen) atoms. The van der Waals surface area contributed by atoms with Crippen LogP contribution in [0.5, 0.6) is 0 Å². The summed E-state index contributed by atoms with van der Waals surface area (Å²) in [5, 5.41) is 13.2. The van der Waals surface area contributed by atoms with Crippen molar-refractivity contribution in [2.75, 3.05) is 18.1 Å². The fourth-order valence-corrected chi connectivity index (χ4v) is 3.89. The van der Waals surface area contributed by atoms with E-state index in [1.807, 2.05) is 18.8 Å². The molecule has 1 aromatic rings. The van der Waals surface area contributed by atoms with Gasteiger partial charge in [-0.15, -0.1) is 10.2 Å². The Morgan fingerprint density at radius 1 is 1.40 bits per heavy atom. The van der Waals surface area contributed by atoms with Gasteiger partial charge in [0.15, 0.2) is 0 Å². The maximum atomic E-state index is 4.14. The first-order chi connectivity index (χ1) is 7.38. The molecule has 0 saturated heterocycles. The van der Waals surface area contributed by atoms with Crippen LogP contribution in [0.15, 0.2) is 0 Å². The highest BCUT2D eigenvalue weighted by Crippen LogP contribution is 2.29. The van der Waals surface area contributed by atoms with Crippen molar-refractivity contribution < 1.29 is 0 Å². The molecule has 1 N–H and O–H groups in total. The van der Waals surface area contributed by atoms with E-state index < -0.39 is 0 Å². The van der Waals surface area contributed by atoms with E-state index in [1.165, 1.54) is 31.4 Å². The maximum absolute atomic E-state index is 4.14. The molecular formula is C10H17N3S2. The average Bonchev–Trinajstić information content (AvgIpc) is 2.88. The van der Waals surface area contributed by atoms with E-state index in [1.54, 1.807) is 11.3 Å². The Bertz CT molecular complexity index is 295. The molecule has 0 aliphatic heterocycles. The van der Waals surface area contributed by atoms with Gasteiger partial charge >= 0.3 is 0 Å². The van der Waals surface area contributed by atoms with Crippen molar-refractivity contribution in [1.29, 1.82) is 0 Å². The highest BCUT2D eigenvalue weighted by atomic mass is 32.2. The lowest BCUT2D eigenvalue weighted by atomic mass is 10.1. The molecule has 1 saturated carbocycles. The van der Waals surface area contributed by atoms with Gasteiger partial charge in [0.1, 0.15) is 5.01 Å².